The molecule has 1 aliphatic heterocycles. The van der Waals surface area contributed by atoms with Crippen LogP contribution in [-0.2, 0) is 28.0 Å². The lowest BCUT2D eigenvalue weighted by molar-refractivity contribution is -0.132. The molecule has 1 aliphatic carbocycles. The summed E-state index contributed by atoms with van der Waals surface area (Å²) in [6.07, 6.45) is 1.13. The molecule has 33 heavy (non-hydrogen) atoms. The van der Waals surface area contributed by atoms with Crippen molar-refractivity contribution in [3.05, 3.63) is 46.5 Å². The molecule has 174 valence electrons. The Kier molecular flexibility index (Phi) is 5.88. The van der Waals surface area contributed by atoms with E-state index in [0.29, 0.717) is 37.3 Å². The Hall–Kier alpha value is -3.39. The minimum atomic E-state index is -1.00. The molecule has 0 amide bonds. The van der Waals surface area contributed by atoms with Crippen LogP contribution in [0.25, 0.3) is 0 Å². The monoisotopic (exact) mass is 453 g/mol. The third kappa shape index (κ3) is 3.64. The van der Waals surface area contributed by atoms with Gasteiger partial charge in [-0.25, -0.2) is 0 Å². The largest absolute Gasteiger partial charge is 0.493 e. The molecular weight excluding hydrogens is 426 g/mol. The summed E-state index contributed by atoms with van der Waals surface area (Å²) in [5, 5.41) is 0. The summed E-state index contributed by atoms with van der Waals surface area (Å²) in [4.78, 5) is 39.5. The van der Waals surface area contributed by atoms with Gasteiger partial charge in [-0.05, 0) is 55.3 Å². The quantitative estimate of drug-likeness (QED) is 0.504. The zero-order valence-corrected chi connectivity index (χ0v) is 19.4. The number of fused-ring (bicyclic) bond motifs is 3. The molecule has 2 aromatic carbocycles. The Morgan fingerprint density at radius 2 is 1.73 bits per heavy atom. The lowest BCUT2D eigenvalue weighted by Crippen LogP contribution is -2.52. The van der Waals surface area contributed by atoms with Crippen LogP contribution in [0.2, 0.25) is 0 Å². The smallest absolute Gasteiger partial charge is 0.308 e. The maximum atomic E-state index is 14.2. The molecule has 0 N–H and O–H groups in total. The lowest BCUT2D eigenvalue weighted by Gasteiger charge is -2.43. The van der Waals surface area contributed by atoms with Crippen LogP contribution in [0.1, 0.15) is 47.8 Å². The minimum Gasteiger partial charge on any atom is -0.493 e. The molecule has 0 saturated heterocycles. The SMILES string of the molecule is CCOc1c(OC(C)=O)ccc2c1C(=O)C1(C2)c2cc(OC(C)=O)c(OC)cc2CCN1C. The first-order chi connectivity index (χ1) is 15.7. The topological polar surface area (TPSA) is 91.4 Å². The van der Waals surface area contributed by atoms with Gasteiger partial charge in [0.05, 0.1) is 19.3 Å². The number of methoxy groups -OCH3 is 1. The Bertz CT molecular complexity index is 1160. The molecule has 2 aromatic rings. The van der Waals surface area contributed by atoms with Gasteiger partial charge in [-0.15, -0.1) is 0 Å². The second-order valence-corrected chi connectivity index (χ2v) is 8.25. The summed E-state index contributed by atoms with van der Waals surface area (Å²) in [6.45, 7) is 5.41. The van der Waals surface area contributed by atoms with Crippen LogP contribution in [0.3, 0.4) is 0 Å². The van der Waals surface area contributed by atoms with Gasteiger partial charge in [0.25, 0.3) is 0 Å². The van der Waals surface area contributed by atoms with Gasteiger partial charge in [-0.2, -0.15) is 0 Å². The maximum absolute atomic E-state index is 14.2. The maximum Gasteiger partial charge on any atom is 0.308 e. The molecule has 0 bridgehead atoms. The Labute approximate surface area is 192 Å². The van der Waals surface area contributed by atoms with E-state index in [2.05, 4.69) is 0 Å². The van der Waals surface area contributed by atoms with Gasteiger partial charge < -0.3 is 18.9 Å². The molecule has 1 unspecified atom stereocenters. The summed E-state index contributed by atoms with van der Waals surface area (Å²) in [5.41, 5.74) is 1.95. The predicted molar refractivity (Wildman–Crippen MR) is 119 cm³/mol. The van der Waals surface area contributed by atoms with Crippen LogP contribution in [0.15, 0.2) is 24.3 Å². The number of hydrogen-bond acceptors (Lipinski definition) is 8. The van der Waals surface area contributed by atoms with Crippen molar-refractivity contribution in [3.63, 3.8) is 0 Å². The number of nitrogens with zero attached hydrogens (tertiary/aromatic N) is 1. The summed E-state index contributed by atoms with van der Waals surface area (Å²) < 4.78 is 22.0. The number of carbonyl (C=O) groups is 3. The van der Waals surface area contributed by atoms with E-state index in [9.17, 15) is 14.4 Å². The second kappa shape index (κ2) is 8.51. The Balaban J connectivity index is 1.91. The number of ketones is 1. The van der Waals surface area contributed by atoms with E-state index in [1.165, 1.54) is 21.0 Å². The molecule has 4 rings (SSSR count). The highest BCUT2D eigenvalue weighted by atomic mass is 16.6. The molecular formula is C25H27NO7. The zero-order chi connectivity index (χ0) is 23.9. The molecule has 1 atom stereocenters. The molecule has 8 heteroatoms. The van der Waals surface area contributed by atoms with Crippen molar-refractivity contribution < 1.29 is 33.3 Å². The average Bonchev–Trinajstić information content (AvgIpc) is 3.05. The van der Waals surface area contributed by atoms with E-state index in [1.54, 1.807) is 18.2 Å². The first-order valence-electron chi connectivity index (χ1n) is 10.9. The molecule has 1 spiro atoms. The van der Waals surface area contributed by atoms with Crippen molar-refractivity contribution in [1.82, 2.24) is 4.90 Å². The van der Waals surface area contributed by atoms with Gasteiger partial charge in [-0.3, -0.25) is 19.3 Å². The fourth-order valence-corrected chi connectivity index (χ4v) is 4.88. The molecule has 0 radical (unpaired) electrons. The van der Waals surface area contributed by atoms with Crippen LogP contribution in [0, 0.1) is 0 Å². The predicted octanol–water partition coefficient (Wildman–Crippen LogP) is 3.07. The van der Waals surface area contributed by atoms with Crippen LogP contribution >= 0.6 is 0 Å². The van der Waals surface area contributed by atoms with E-state index in [1.807, 2.05) is 24.9 Å². The number of ether oxygens (including phenoxy) is 4. The Morgan fingerprint density at radius 1 is 1.03 bits per heavy atom. The number of hydrogen-bond donors (Lipinski definition) is 0. The fourth-order valence-electron chi connectivity index (χ4n) is 4.88. The van der Waals surface area contributed by atoms with Gasteiger partial charge in [0.15, 0.2) is 28.8 Å². The molecule has 0 aromatic heterocycles. The first-order valence-corrected chi connectivity index (χ1v) is 10.9. The summed E-state index contributed by atoms with van der Waals surface area (Å²) >= 11 is 0. The van der Waals surface area contributed by atoms with Crippen LogP contribution in [0.5, 0.6) is 23.0 Å². The van der Waals surface area contributed by atoms with Gasteiger partial charge in [0.1, 0.15) is 5.54 Å². The zero-order valence-electron chi connectivity index (χ0n) is 19.4. The first kappa shape index (κ1) is 22.8. The fraction of sp³-hybridized carbons (Fsp3) is 0.400. The van der Waals surface area contributed by atoms with Crippen LogP contribution in [-0.4, -0.2) is 49.9 Å². The third-order valence-corrected chi connectivity index (χ3v) is 6.26. The molecule has 0 saturated carbocycles. The van der Waals surface area contributed by atoms with Crippen molar-refractivity contribution in [2.45, 2.75) is 39.2 Å². The molecule has 1 heterocycles. The van der Waals surface area contributed by atoms with Crippen molar-refractivity contribution >= 4 is 17.7 Å². The number of Topliss-reactive ketones (excluding diaryl/α,β-unsaturated/α-hetero) is 1. The van der Waals surface area contributed by atoms with E-state index < -0.39 is 17.5 Å². The molecule has 8 nitrogen and oxygen atoms in total. The normalized spacial score (nSPS) is 19.1. The summed E-state index contributed by atoms with van der Waals surface area (Å²) in [7, 11) is 3.43. The van der Waals surface area contributed by atoms with Crippen molar-refractivity contribution in [3.8, 4) is 23.0 Å². The van der Waals surface area contributed by atoms with Gasteiger partial charge >= 0.3 is 11.9 Å². The highest BCUT2D eigenvalue weighted by Gasteiger charge is 2.54. The van der Waals surface area contributed by atoms with Crippen molar-refractivity contribution in [2.75, 3.05) is 27.3 Å². The highest BCUT2D eigenvalue weighted by Crippen LogP contribution is 2.51. The van der Waals surface area contributed by atoms with Crippen molar-refractivity contribution in [2.24, 2.45) is 0 Å². The van der Waals surface area contributed by atoms with Crippen LogP contribution < -0.4 is 18.9 Å². The number of esters is 2. The van der Waals surface area contributed by atoms with E-state index in [0.717, 1.165) is 16.7 Å². The summed E-state index contributed by atoms with van der Waals surface area (Å²) in [5.74, 6) is 0.110. The third-order valence-electron chi connectivity index (χ3n) is 6.26. The van der Waals surface area contributed by atoms with Crippen molar-refractivity contribution in [1.29, 1.82) is 0 Å². The van der Waals surface area contributed by atoms with Gasteiger partial charge in [0, 0.05) is 26.8 Å². The second-order valence-electron chi connectivity index (χ2n) is 8.25. The van der Waals surface area contributed by atoms with E-state index in [-0.39, 0.29) is 23.0 Å². The number of benzene rings is 2. The minimum absolute atomic E-state index is 0.141. The number of likely N-dealkylation sites (N-methyl/N-ethyl adjacent to an activating group) is 1. The van der Waals surface area contributed by atoms with E-state index >= 15 is 0 Å². The Morgan fingerprint density at radius 3 is 2.36 bits per heavy atom. The lowest BCUT2D eigenvalue weighted by atomic mass is 9.77. The number of carbonyl (C=O) groups excluding carboxylic acids is 3. The van der Waals surface area contributed by atoms with E-state index in [4.69, 9.17) is 18.9 Å². The van der Waals surface area contributed by atoms with Gasteiger partial charge in [-0.1, -0.05) is 6.07 Å². The average molecular weight is 453 g/mol. The molecule has 2 aliphatic rings. The van der Waals surface area contributed by atoms with Crippen LogP contribution in [0.4, 0.5) is 0 Å². The standard InChI is InChI=1S/C25H27NO7/c1-6-31-23-19(32-14(2)27)8-7-17-13-25(24(29)22(17)23)18-12-21(33-15(3)28)20(30-5)11-16(18)9-10-26(25)4/h7-8,11-12H,6,9-10,13H2,1-5H3. The highest BCUT2D eigenvalue weighted by molar-refractivity contribution is 6.11. The molecule has 0 fully saturated rings. The number of rotatable bonds is 5. The summed E-state index contributed by atoms with van der Waals surface area (Å²) in [6, 6.07) is 7.05. The van der Waals surface area contributed by atoms with Gasteiger partial charge in [0.2, 0.25) is 0 Å².